The van der Waals surface area contributed by atoms with Crippen molar-refractivity contribution in [2.45, 2.75) is 12.5 Å². The van der Waals surface area contributed by atoms with Gasteiger partial charge in [-0.3, -0.25) is 4.79 Å². The largest absolute Gasteiger partial charge is 0.484 e. The number of benzene rings is 1. The Hall–Kier alpha value is -1.79. The van der Waals surface area contributed by atoms with Crippen LogP contribution >= 0.6 is 11.6 Å². The Morgan fingerprint density at radius 2 is 1.95 bits per heavy atom. The van der Waals surface area contributed by atoms with Gasteiger partial charge in [-0.15, -0.1) is 0 Å². The maximum atomic E-state index is 11.4. The van der Waals surface area contributed by atoms with Crippen LogP contribution in [0.3, 0.4) is 0 Å². The number of ether oxygens (including phenoxy) is 1. The van der Waals surface area contributed by atoms with Crippen LogP contribution in [0.1, 0.15) is 6.92 Å². The monoisotopic (exact) mass is 287 g/mol. The van der Waals surface area contributed by atoms with Crippen molar-refractivity contribution >= 4 is 23.5 Å². The first-order valence-corrected chi connectivity index (χ1v) is 5.80. The highest BCUT2D eigenvalue weighted by molar-refractivity contribution is 6.30. The van der Waals surface area contributed by atoms with Gasteiger partial charge in [0.05, 0.1) is 6.54 Å². The molecule has 1 rings (SSSR count). The lowest BCUT2D eigenvalue weighted by molar-refractivity contribution is -0.156. The van der Waals surface area contributed by atoms with Gasteiger partial charge in [-0.25, -0.2) is 4.79 Å². The van der Waals surface area contributed by atoms with Crippen LogP contribution in [0.25, 0.3) is 0 Å². The lowest BCUT2D eigenvalue weighted by Gasteiger charge is -2.18. The van der Waals surface area contributed by atoms with E-state index in [9.17, 15) is 14.7 Å². The summed E-state index contributed by atoms with van der Waals surface area (Å²) in [5.41, 5.74) is -2.00. The molecule has 0 aliphatic heterocycles. The fourth-order valence-corrected chi connectivity index (χ4v) is 1.20. The minimum Gasteiger partial charge on any atom is -0.484 e. The number of aliphatic hydroxyl groups is 1. The minimum atomic E-state index is -2.00. The molecule has 1 aromatic carbocycles. The molecule has 0 saturated heterocycles. The number of nitrogens with one attached hydrogen (secondary N) is 1. The van der Waals surface area contributed by atoms with Crippen molar-refractivity contribution in [2.24, 2.45) is 0 Å². The zero-order valence-electron chi connectivity index (χ0n) is 10.2. The molecule has 0 aliphatic rings. The van der Waals surface area contributed by atoms with Gasteiger partial charge in [0.1, 0.15) is 5.75 Å². The molecule has 0 bridgehead atoms. The summed E-state index contributed by atoms with van der Waals surface area (Å²) in [6.45, 7) is 0.415. The maximum absolute atomic E-state index is 11.4. The number of carboxylic acids is 1. The van der Waals surface area contributed by atoms with E-state index in [4.69, 9.17) is 21.4 Å². The average molecular weight is 288 g/mol. The van der Waals surface area contributed by atoms with Crippen molar-refractivity contribution in [1.82, 2.24) is 5.32 Å². The van der Waals surface area contributed by atoms with E-state index >= 15 is 0 Å². The molecule has 1 amide bonds. The third-order valence-electron chi connectivity index (χ3n) is 2.27. The molecular weight excluding hydrogens is 274 g/mol. The number of hydrogen-bond acceptors (Lipinski definition) is 4. The zero-order chi connectivity index (χ0) is 14.5. The summed E-state index contributed by atoms with van der Waals surface area (Å²) >= 11 is 5.69. The first-order chi connectivity index (χ1) is 8.81. The first kappa shape index (κ1) is 15.3. The SMILES string of the molecule is CC(O)(CNC(=O)COc1ccc(Cl)cc1)C(=O)O. The van der Waals surface area contributed by atoms with Crippen LogP contribution in [-0.2, 0) is 9.59 Å². The molecule has 3 N–H and O–H groups in total. The van der Waals surface area contributed by atoms with Crippen LogP contribution in [0.15, 0.2) is 24.3 Å². The number of carboxylic acid groups (broad SMARTS) is 1. The predicted molar refractivity (Wildman–Crippen MR) is 68.2 cm³/mol. The molecule has 7 heteroatoms. The van der Waals surface area contributed by atoms with Gasteiger partial charge >= 0.3 is 5.97 Å². The minimum absolute atomic E-state index is 0.280. The normalized spacial score (nSPS) is 13.4. The number of hydrogen-bond donors (Lipinski definition) is 3. The summed E-state index contributed by atoms with van der Waals surface area (Å²) in [6.07, 6.45) is 0. The van der Waals surface area contributed by atoms with Crippen molar-refractivity contribution in [1.29, 1.82) is 0 Å². The lowest BCUT2D eigenvalue weighted by Crippen LogP contribution is -2.47. The third-order valence-corrected chi connectivity index (χ3v) is 2.53. The number of amides is 1. The molecule has 1 unspecified atom stereocenters. The highest BCUT2D eigenvalue weighted by atomic mass is 35.5. The summed E-state index contributed by atoms with van der Waals surface area (Å²) in [7, 11) is 0. The Kier molecular flexibility index (Phi) is 5.14. The van der Waals surface area contributed by atoms with Gasteiger partial charge in [0.2, 0.25) is 0 Å². The quantitative estimate of drug-likeness (QED) is 0.715. The second-order valence-corrected chi connectivity index (χ2v) is 4.53. The Morgan fingerprint density at radius 3 is 2.47 bits per heavy atom. The highest BCUT2D eigenvalue weighted by Crippen LogP contribution is 2.15. The summed E-state index contributed by atoms with van der Waals surface area (Å²) < 4.78 is 5.15. The summed E-state index contributed by atoms with van der Waals surface area (Å²) in [6, 6.07) is 6.43. The Labute approximate surface area is 114 Å². The fourth-order valence-electron chi connectivity index (χ4n) is 1.08. The predicted octanol–water partition coefficient (Wildman–Crippen LogP) is 0.671. The van der Waals surface area contributed by atoms with Gasteiger partial charge in [0, 0.05) is 5.02 Å². The van der Waals surface area contributed by atoms with E-state index in [1.807, 2.05) is 0 Å². The average Bonchev–Trinajstić information content (AvgIpc) is 2.35. The van der Waals surface area contributed by atoms with Gasteiger partial charge in [-0.05, 0) is 31.2 Å². The fraction of sp³-hybridized carbons (Fsp3) is 0.333. The third kappa shape index (κ3) is 5.15. The van der Waals surface area contributed by atoms with E-state index in [2.05, 4.69) is 5.32 Å². The molecule has 6 nitrogen and oxygen atoms in total. The summed E-state index contributed by atoms with van der Waals surface area (Å²) in [5.74, 6) is -1.48. The van der Waals surface area contributed by atoms with Crippen molar-refractivity contribution in [3.63, 3.8) is 0 Å². The molecule has 0 aliphatic carbocycles. The van der Waals surface area contributed by atoms with Crippen molar-refractivity contribution in [2.75, 3.05) is 13.2 Å². The van der Waals surface area contributed by atoms with Crippen molar-refractivity contribution in [3.8, 4) is 5.75 Å². The highest BCUT2D eigenvalue weighted by Gasteiger charge is 2.30. The molecule has 0 radical (unpaired) electrons. The smallest absolute Gasteiger partial charge is 0.337 e. The molecule has 0 fully saturated rings. The van der Waals surface area contributed by atoms with Gasteiger partial charge in [-0.2, -0.15) is 0 Å². The zero-order valence-corrected chi connectivity index (χ0v) is 11.0. The second-order valence-electron chi connectivity index (χ2n) is 4.10. The van der Waals surface area contributed by atoms with Gasteiger partial charge in [-0.1, -0.05) is 11.6 Å². The van der Waals surface area contributed by atoms with Crippen LogP contribution in [0.2, 0.25) is 5.02 Å². The molecule has 0 heterocycles. The van der Waals surface area contributed by atoms with E-state index in [1.54, 1.807) is 24.3 Å². The number of aliphatic carboxylic acids is 1. The number of rotatable bonds is 6. The van der Waals surface area contributed by atoms with Crippen LogP contribution in [0.5, 0.6) is 5.75 Å². The maximum Gasteiger partial charge on any atom is 0.337 e. The summed E-state index contributed by atoms with van der Waals surface area (Å²) in [4.78, 5) is 22.0. The molecule has 19 heavy (non-hydrogen) atoms. The van der Waals surface area contributed by atoms with Crippen molar-refractivity contribution < 1.29 is 24.5 Å². The molecule has 104 valence electrons. The Bertz CT molecular complexity index is 458. The van der Waals surface area contributed by atoms with Gasteiger partial charge in [0.15, 0.2) is 12.2 Å². The first-order valence-electron chi connectivity index (χ1n) is 5.42. The van der Waals surface area contributed by atoms with E-state index in [0.717, 1.165) is 6.92 Å². The van der Waals surface area contributed by atoms with E-state index < -0.39 is 24.0 Å². The van der Waals surface area contributed by atoms with Gasteiger partial charge in [0.25, 0.3) is 5.91 Å². The number of carbonyl (C=O) groups is 2. The molecule has 1 aromatic rings. The van der Waals surface area contributed by atoms with E-state index in [1.165, 1.54) is 0 Å². The van der Waals surface area contributed by atoms with Crippen LogP contribution in [-0.4, -0.2) is 40.8 Å². The van der Waals surface area contributed by atoms with Crippen LogP contribution < -0.4 is 10.1 Å². The van der Waals surface area contributed by atoms with Crippen LogP contribution in [0, 0.1) is 0 Å². The topological polar surface area (TPSA) is 95.9 Å². The standard InChI is InChI=1S/C12H14ClNO5/c1-12(18,11(16)17)7-14-10(15)6-19-9-4-2-8(13)3-5-9/h2-5,18H,6-7H2,1H3,(H,14,15)(H,16,17). The van der Waals surface area contributed by atoms with E-state index in [-0.39, 0.29) is 6.61 Å². The Morgan fingerprint density at radius 1 is 1.37 bits per heavy atom. The molecule has 0 saturated carbocycles. The Balaban J connectivity index is 2.36. The number of halogens is 1. The molecular formula is C12H14ClNO5. The molecule has 0 aromatic heterocycles. The van der Waals surface area contributed by atoms with Gasteiger partial charge < -0.3 is 20.3 Å². The van der Waals surface area contributed by atoms with Crippen LogP contribution in [0.4, 0.5) is 0 Å². The summed E-state index contributed by atoms with van der Waals surface area (Å²) in [5, 5.41) is 20.8. The second kappa shape index (κ2) is 6.40. The molecule has 0 spiro atoms. The van der Waals surface area contributed by atoms with E-state index in [0.29, 0.717) is 10.8 Å². The molecule has 1 atom stereocenters. The lowest BCUT2D eigenvalue weighted by atomic mass is 10.1. The van der Waals surface area contributed by atoms with Crippen molar-refractivity contribution in [3.05, 3.63) is 29.3 Å². The number of carbonyl (C=O) groups excluding carboxylic acids is 1.